The summed E-state index contributed by atoms with van der Waals surface area (Å²) in [6.45, 7) is 0.749. The summed E-state index contributed by atoms with van der Waals surface area (Å²) in [7, 11) is -3.66. The van der Waals surface area contributed by atoms with Crippen molar-refractivity contribution in [2.45, 2.75) is 43.2 Å². The zero-order valence-corrected chi connectivity index (χ0v) is 16.4. The molecule has 1 atom stereocenters. The van der Waals surface area contributed by atoms with Crippen LogP contribution in [0.5, 0.6) is 0 Å². The number of nitrogens with zero attached hydrogens (tertiary/aromatic N) is 2. The number of piperidine rings is 1. The van der Waals surface area contributed by atoms with E-state index in [0.29, 0.717) is 24.5 Å². The fourth-order valence-corrected chi connectivity index (χ4v) is 5.03. The van der Waals surface area contributed by atoms with Crippen molar-refractivity contribution in [3.05, 3.63) is 59.4 Å². The number of benzene rings is 1. The molecule has 0 spiro atoms. The van der Waals surface area contributed by atoms with E-state index in [1.807, 2.05) is 18.2 Å². The van der Waals surface area contributed by atoms with Crippen molar-refractivity contribution in [1.29, 1.82) is 0 Å². The molecule has 1 aliphatic heterocycles. The Morgan fingerprint density at radius 2 is 1.96 bits per heavy atom. The molecule has 27 heavy (non-hydrogen) atoms. The van der Waals surface area contributed by atoms with Gasteiger partial charge in [-0.3, -0.25) is 9.78 Å². The predicted molar refractivity (Wildman–Crippen MR) is 104 cm³/mol. The highest BCUT2D eigenvalue weighted by molar-refractivity contribution is 7.89. The molecule has 2 aromatic rings. The van der Waals surface area contributed by atoms with E-state index in [4.69, 9.17) is 11.6 Å². The minimum Gasteiger partial charge on any atom is -0.350 e. The van der Waals surface area contributed by atoms with Crippen LogP contribution in [0.4, 0.5) is 0 Å². The second-order valence-corrected chi connectivity index (χ2v) is 8.85. The van der Waals surface area contributed by atoms with Crippen LogP contribution in [0.25, 0.3) is 0 Å². The first-order valence-electron chi connectivity index (χ1n) is 8.91. The molecule has 1 amide bonds. The molecule has 0 radical (unpaired) electrons. The van der Waals surface area contributed by atoms with Gasteiger partial charge in [0.2, 0.25) is 15.9 Å². The lowest BCUT2D eigenvalue weighted by molar-refractivity contribution is -0.122. The first-order chi connectivity index (χ1) is 13.0. The summed E-state index contributed by atoms with van der Waals surface area (Å²) in [4.78, 5) is 16.7. The fraction of sp³-hybridized carbons (Fsp3) is 0.368. The second-order valence-electron chi connectivity index (χ2n) is 6.52. The van der Waals surface area contributed by atoms with E-state index in [1.54, 1.807) is 18.3 Å². The van der Waals surface area contributed by atoms with Crippen LogP contribution in [0, 0.1) is 0 Å². The van der Waals surface area contributed by atoms with E-state index < -0.39 is 10.0 Å². The molecule has 0 aliphatic carbocycles. The highest BCUT2D eigenvalue weighted by atomic mass is 35.5. The van der Waals surface area contributed by atoms with Crippen LogP contribution >= 0.6 is 11.6 Å². The van der Waals surface area contributed by atoms with Gasteiger partial charge in [0.25, 0.3) is 0 Å². The maximum atomic E-state index is 13.0. The molecule has 1 aliphatic rings. The Morgan fingerprint density at radius 1 is 1.19 bits per heavy atom. The quantitative estimate of drug-likeness (QED) is 0.798. The summed E-state index contributed by atoms with van der Waals surface area (Å²) >= 11 is 5.86. The number of aromatic nitrogens is 1. The number of hydrogen-bond donors (Lipinski definition) is 1. The van der Waals surface area contributed by atoms with Gasteiger partial charge in [0, 0.05) is 30.2 Å². The SMILES string of the molecule is O=C(C[C@H]1CCCCN1S(=O)(=O)c1ccc(Cl)cc1)NCc1ccccn1. The van der Waals surface area contributed by atoms with Crippen molar-refractivity contribution >= 4 is 27.5 Å². The molecule has 1 aromatic heterocycles. The number of rotatable bonds is 6. The lowest BCUT2D eigenvalue weighted by Crippen LogP contribution is -2.45. The lowest BCUT2D eigenvalue weighted by atomic mass is 10.0. The van der Waals surface area contributed by atoms with Crippen LogP contribution in [0.2, 0.25) is 5.02 Å². The van der Waals surface area contributed by atoms with Crippen molar-refractivity contribution in [3.63, 3.8) is 0 Å². The van der Waals surface area contributed by atoms with Gasteiger partial charge in [-0.2, -0.15) is 4.31 Å². The molecule has 1 saturated heterocycles. The van der Waals surface area contributed by atoms with Crippen molar-refractivity contribution in [2.75, 3.05) is 6.54 Å². The molecular formula is C19H22ClN3O3S. The van der Waals surface area contributed by atoms with Crippen LogP contribution in [-0.4, -0.2) is 36.2 Å². The molecule has 8 heteroatoms. The number of hydrogen-bond acceptors (Lipinski definition) is 4. The third-order valence-electron chi connectivity index (χ3n) is 4.61. The van der Waals surface area contributed by atoms with Crippen molar-refractivity contribution in [2.24, 2.45) is 0 Å². The normalized spacial score (nSPS) is 18.2. The van der Waals surface area contributed by atoms with Crippen LogP contribution in [0.3, 0.4) is 0 Å². The molecule has 6 nitrogen and oxygen atoms in total. The Hall–Kier alpha value is -1.96. The summed E-state index contributed by atoms with van der Waals surface area (Å²) in [6, 6.07) is 11.3. The summed E-state index contributed by atoms with van der Waals surface area (Å²) in [6.07, 6.45) is 4.18. The second kappa shape index (κ2) is 8.82. The average molecular weight is 408 g/mol. The fourth-order valence-electron chi connectivity index (χ4n) is 3.21. The molecule has 3 rings (SSSR count). The van der Waals surface area contributed by atoms with Gasteiger partial charge < -0.3 is 5.32 Å². The molecule has 1 aromatic carbocycles. The molecule has 0 saturated carbocycles. The van der Waals surface area contributed by atoms with Gasteiger partial charge >= 0.3 is 0 Å². The summed E-state index contributed by atoms with van der Waals surface area (Å²) in [5.41, 5.74) is 0.764. The molecule has 1 N–H and O–H groups in total. The molecule has 2 heterocycles. The molecular weight excluding hydrogens is 386 g/mol. The van der Waals surface area contributed by atoms with Gasteiger partial charge in [-0.05, 0) is 49.2 Å². The van der Waals surface area contributed by atoms with Crippen LogP contribution in [0.15, 0.2) is 53.6 Å². The lowest BCUT2D eigenvalue weighted by Gasteiger charge is -2.34. The number of pyridine rings is 1. The van der Waals surface area contributed by atoms with Crippen LogP contribution < -0.4 is 5.32 Å². The Labute approximate surface area is 164 Å². The Balaban J connectivity index is 1.67. The Kier molecular flexibility index (Phi) is 6.46. The highest BCUT2D eigenvalue weighted by Gasteiger charge is 2.34. The summed E-state index contributed by atoms with van der Waals surface area (Å²) in [5.74, 6) is -0.177. The summed E-state index contributed by atoms with van der Waals surface area (Å²) in [5, 5.41) is 3.31. The first kappa shape index (κ1) is 19.8. The number of amides is 1. The molecule has 0 unspecified atom stereocenters. The van der Waals surface area contributed by atoms with Gasteiger partial charge in [0.05, 0.1) is 17.1 Å². The molecule has 1 fully saturated rings. The highest BCUT2D eigenvalue weighted by Crippen LogP contribution is 2.27. The van der Waals surface area contributed by atoms with Crippen LogP contribution in [0.1, 0.15) is 31.4 Å². The number of sulfonamides is 1. The Bertz CT molecular complexity index is 873. The third-order valence-corrected chi connectivity index (χ3v) is 6.83. The van der Waals surface area contributed by atoms with Gasteiger partial charge in [0.15, 0.2) is 0 Å². The number of halogens is 1. The van der Waals surface area contributed by atoms with Gasteiger partial charge in [-0.25, -0.2) is 8.42 Å². The average Bonchev–Trinajstić information content (AvgIpc) is 2.68. The zero-order valence-electron chi connectivity index (χ0n) is 14.8. The van der Waals surface area contributed by atoms with E-state index in [2.05, 4.69) is 10.3 Å². The summed E-state index contributed by atoms with van der Waals surface area (Å²) < 4.78 is 27.5. The first-order valence-corrected chi connectivity index (χ1v) is 10.7. The number of carbonyl (C=O) groups excluding carboxylic acids is 1. The van der Waals surface area contributed by atoms with Crippen LogP contribution in [-0.2, 0) is 21.4 Å². The molecule has 0 bridgehead atoms. The monoisotopic (exact) mass is 407 g/mol. The topological polar surface area (TPSA) is 79.4 Å². The van der Waals surface area contributed by atoms with Gasteiger partial charge in [0.1, 0.15) is 0 Å². The van der Waals surface area contributed by atoms with E-state index in [0.717, 1.165) is 18.5 Å². The molecule has 144 valence electrons. The van der Waals surface area contributed by atoms with Gasteiger partial charge in [-0.1, -0.05) is 24.1 Å². The maximum Gasteiger partial charge on any atom is 0.243 e. The Morgan fingerprint density at radius 3 is 2.67 bits per heavy atom. The minimum absolute atomic E-state index is 0.139. The van der Waals surface area contributed by atoms with Crippen molar-refractivity contribution in [3.8, 4) is 0 Å². The largest absolute Gasteiger partial charge is 0.350 e. The van der Waals surface area contributed by atoms with Gasteiger partial charge in [-0.15, -0.1) is 0 Å². The standard InChI is InChI=1S/C19H22ClN3O3S/c20-15-7-9-18(10-8-15)27(25,26)23-12-4-2-6-17(23)13-19(24)22-14-16-5-1-3-11-21-16/h1,3,5,7-11,17H,2,4,6,12-14H2,(H,22,24)/t17-/m1/s1. The zero-order chi connectivity index (χ0) is 19.3. The van der Waals surface area contributed by atoms with E-state index in [1.165, 1.54) is 16.4 Å². The van der Waals surface area contributed by atoms with Crippen molar-refractivity contribution < 1.29 is 13.2 Å². The van der Waals surface area contributed by atoms with E-state index in [-0.39, 0.29) is 23.3 Å². The van der Waals surface area contributed by atoms with Crippen molar-refractivity contribution in [1.82, 2.24) is 14.6 Å². The smallest absolute Gasteiger partial charge is 0.243 e. The predicted octanol–water partition coefficient (Wildman–Crippen LogP) is 2.98. The number of nitrogens with one attached hydrogen (secondary N) is 1. The minimum atomic E-state index is -3.66. The maximum absolute atomic E-state index is 13.0. The third kappa shape index (κ3) is 5.06. The number of carbonyl (C=O) groups is 1. The van der Waals surface area contributed by atoms with E-state index >= 15 is 0 Å². The van der Waals surface area contributed by atoms with E-state index in [9.17, 15) is 13.2 Å².